The number of likely N-dealkylation sites (tertiary alicyclic amines) is 2. The fourth-order valence-corrected chi connectivity index (χ4v) is 3.40. The maximum absolute atomic E-state index is 12.0. The fourth-order valence-electron chi connectivity index (χ4n) is 3.40. The van der Waals surface area contributed by atoms with Gasteiger partial charge in [0.05, 0.1) is 13.1 Å². The molecule has 0 unspecified atom stereocenters. The molecule has 0 aliphatic carbocycles. The Kier molecular flexibility index (Phi) is 4.95. The van der Waals surface area contributed by atoms with Gasteiger partial charge in [-0.2, -0.15) is 7.05 Å². The van der Waals surface area contributed by atoms with Crippen LogP contribution in [0.4, 0.5) is 4.79 Å². The van der Waals surface area contributed by atoms with Crippen LogP contribution in [0.15, 0.2) is 0 Å². The van der Waals surface area contributed by atoms with Crippen molar-refractivity contribution in [2.75, 3.05) is 26.2 Å². The molecule has 0 aromatic carbocycles. The van der Waals surface area contributed by atoms with E-state index in [-0.39, 0.29) is 6.09 Å². The SMILES string of the molecule is [CH2-][NH+]1CCC(C2CCN(C(=O)OC(C)(C)C)CC2)CC1. The summed E-state index contributed by atoms with van der Waals surface area (Å²) in [4.78, 5) is 15.3. The van der Waals surface area contributed by atoms with Gasteiger partial charge in [-0.3, -0.25) is 0 Å². The summed E-state index contributed by atoms with van der Waals surface area (Å²) in [6, 6.07) is 0. The number of hydrogen-bond acceptors (Lipinski definition) is 2. The number of quaternary nitrogens is 1. The van der Waals surface area contributed by atoms with Crippen molar-refractivity contribution in [3.05, 3.63) is 7.05 Å². The van der Waals surface area contributed by atoms with E-state index >= 15 is 0 Å². The Morgan fingerprint density at radius 2 is 1.60 bits per heavy atom. The van der Waals surface area contributed by atoms with Crippen LogP contribution >= 0.6 is 0 Å². The molecule has 0 radical (unpaired) electrons. The van der Waals surface area contributed by atoms with Crippen LogP contribution < -0.4 is 4.90 Å². The van der Waals surface area contributed by atoms with Crippen LogP contribution in [-0.4, -0.2) is 42.8 Å². The van der Waals surface area contributed by atoms with Crippen molar-refractivity contribution in [3.8, 4) is 0 Å². The number of hydrogen-bond donors (Lipinski definition) is 1. The van der Waals surface area contributed by atoms with E-state index in [2.05, 4.69) is 7.05 Å². The number of nitrogens with one attached hydrogen (secondary N) is 1. The van der Waals surface area contributed by atoms with Crippen molar-refractivity contribution < 1.29 is 14.4 Å². The van der Waals surface area contributed by atoms with Gasteiger partial charge in [0.15, 0.2) is 0 Å². The van der Waals surface area contributed by atoms with Gasteiger partial charge in [-0.25, -0.2) is 4.79 Å². The van der Waals surface area contributed by atoms with Crippen LogP contribution in [0.3, 0.4) is 0 Å². The number of carbonyl (C=O) groups excluding carboxylic acids is 1. The first-order valence-electron chi connectivity index (χ1n) is 8.00. The van der Waals surface area contributed by atoms with Crippen molar-refractivity contribution >= 4 is 6.09 Å². The number of piperidine rings is 2. The number of ether oxygens (including phenoxy) is 1. The first-order chi connectivity index (χ1) is 9.35. The monoisotopic (exact) mass is 282 g/mol. The first-order valence-corrected chi connectivity index (χ1v) is 8.00. The van der Waals surface area contributed by atoms with Gasteiger partial charge in [0.2, 0.25) is 0 Å². The van der Waals surface area contributed by atoms with E-state index < -0.39 is 5.60 Å². The van der Waals surface area contributed by atoms with Crippen molar-refractivity contribution in [1.29, 1.82) is 0 Å². The molecule has 1 N–H and O–H groups in total. The van der Waals surface area contributed by atoms with Gasteiger partial charge in [-0.15, -0.1) is 0 Å². The lowest BCUT2D eigenvalue weighted by Crippen LogP contribution is -3.08. The summed E-state index contributed by atoms with van der Waals surface area (Å²) in [6.07, 6.45) is 4.73. The highest BCUT2D eigenvalue weighted by atomic mass is 16.6. The number of amides is 1. The molecule has 0 spiro atoms. The van der Waals surface area contributed by atoms with Crippen LogP contribution in [-0.2, 0) is 4.74 Å². The molecule has 2 saturated heterocycles. The van der Waals surface area contributed by atoms with Crippen LogP contribution in [0.25, 0.3) is 0 Å². The molecule has 20 heavy (non-hydrogen) atoms. The topological polar surface area (TPSA) is 34.0 Å². The predicted octanol–water partition coefficient (Wildman–Crippen LogP) is 1.72. The summed E-state index contributed by atoms with van der Waals surface area (Å²) in [5.74, 6) is 1.64. The van der Waals surface area contributed by atoms with E-state index in [1.807, 2.05) is 25.7 Å². The van der Waals surface area contributed by atoms with Gasteiger partial charge in [-0.1, -0.05) is 0 Å². The van der Waals surface area contributed by atoms with E-state index in [0.717, 1.165) is 37.8 Å². The molecule has 2 aliphatic rings. The zero-order valence-corrected chi connectivity index (χ0v) is 13.3. The molecule has 2 aliphatic heterocycles. The molecule has 4 heteroatoms. The van der Waals surface area contributed by atoms with Crippen LogP contribution in [0.2, 0.25) is 0 Å². The molecule has 0 atom stereocenters. The molecule has 116 valence electrons. The van der Waals surface area contributed by atoms with Crippen molar-refractivity contribution in [3.63, 3.8) is 0 Å². The Bertz CT molecular complexity index is 322. The summed E-state index contributed by atoms with van der Waals surface area (Å²) in [5.41, 5.74) is -0.391. The lowest BCUT2D eigenvalue weighted by Gasteiger charge is -2.40. The van der Waals surface area contributed by atoms with Gasteiger partial charge < -0.3 is 14.5 Å². The summed E-state index contributed by atoms with van der Waals surface area (Å²) in [5, 5.41) is 0. The van der Waals surface area contributed by atoms with E-state index in [4.69, 9.17) is 4.74 Å². The summed E-state index contributed by atoms with van der Waals surface area (Å²) in [6.45, 7) is 9.90. The third-order valence-corrected chi connectivity index (χ3v) is 4.60. The molecular formula is C16H30N2O2. The third-order valence-electron chi connectivity index (χ3n) is 4.60. The van der Waals surface area contributed by atoms with E-state index in [1.54, 1.807) is 0 Å². The van der Waals surface area contributed by atoms with Crippen LogP contribution in [0, 0.1) is 18.9 Å². The van der Waals surface area contributed by atoms with Crippen molar-refractivity contribution in [2.45, 2.75) is 52.1 Å². The molecule has 0 aromatic heterocycles. The largest absolute Gasteiger partial charge is 0.468 e. The first kappa shape index (κ1) is 15.6. The van der Waals surface area contributed by atoms with E-state index in [0.29, 0.717) is 0 Å². The highest BCUT2D eigenvalue weighted by Gasteiger charge is 2.32. The maximum atomic E-state index is 12.0. The quantitative estimate of drug-likeness (QED) is 0.743. The van der Waals surface area contributed by atoms with Gasteiger partial charge in [-0.05, 0) is 58.3 Å². The minimum absolute atomic E-state index is 0.145. The van der Waals surface area contributed by atoms with E-state index in [1.165, 1.54) is 30.8 Å². The molecule has 2 rings (SSSR count). The minimum Gasteiger partial charge on any atom is -0.468 e. The standard InChI is InChI=1S/C16H30N2O2/c1-16(2,3)20-15(19)18-11-7-14(8-12-18)13-5-9-17(4)10-6-13/h13-14,17H,4-12H2,1-3H3. The van der Waals surface area contributed by atoms with Gasteiger partial charge in [0.1, 0.15) is 5.60 Å². The smallest absolute Gasteiger partial charge is 0.410 e. The molecule has 4 nitrogen and oxygen atoms in total. The molecular weight excluding hydrogens is 252 g/mol. The van der Waals surface area contributed by atoms with Crippen LogP contribution in [0.5, 0.6) is 0 Å². The fraction of sp³-hybridized carbons (Fsp3) is 0.875. The maximum Gasteiger partial charge on any atom is 0.410 e. The number of rotatable bonds is 1. The normalized spacial score (nSPS) is 29.3. The Morgan fingerprint density at radius 1 is 1.10 bits per heavy atom. The third kappa shape index (κ3) is 4.37. The Hall–Kier alpha value is -0.770. The van der Waals surface area contributed by atoms with Crippen molar-refractivity contribution in [1.82, 2.24) is 4.90 Å². The zero-order valence-electron chi connectivity index (χ0n) is 13.3. The minimum atomic E-state index is -0.391. The predicted molar refractivity (Wildman–Crippen MR) is 79.3 cm³/mol. The molecule has 0 saturated carbocycles. The second-order valence-electron chi connectivity index (χ2n) is 7.39. The molecule has 0 aromatic rings. The number of carbonyl (C=O) groups is 1. The van der Waals surface area contributed by atoms with Crippen molar-refractivity contribution in [2.24, 2.45) is 11.8 Å². The average Bonchev–Trinajstić information content (AvgIpc) is 2.38. The molecule has 2 fully saturated rings. The lowest BCUT2D eigenvalue weighted by molar-refractivity contribution is -0.860. The Labute approximate surface area is 123 Å². The zero-order chi connectivity index (χ0) is 14.8. The van der Waals surface area contributed by atoms with Gasteiger partial charge in [0, 0.05) is 13.1 Å². The highest BCUT2D eigenvalue weighted by molar-refractivity contribution is 5.68. The van der Waals surface area contributed by atoms with Crippen LogP contribution in [0.1, 0.15) is 46.5 Å². The Balaban J connectivity index is 1.76. The molecule has 1 amide bonds. The number of nitrogens with zero attached hydrogens (tertiary/aromatic N) is 1. The molecule has 2 heterocycles. The average molecular weight is 282 g/mol. The second-order valence-corrected chi connectivity index (χ2v) is 7.39. The van der Waals surface area contributed by atoms with E-state index in [9.17, 15) is 4.79 Å². The lowest BCUT2D eigenvalue weighted by atomic mass is 9.79. The summed E-state index contributed by atoms with van der Waals surface area (Å²) in [7, 11) is 4.09. The molecule has 0 bridgehead atoms. The summed E-state index contributed by atoms with van der Waals surface area (Å²) >= 11 is 0. The van der Waals surface area contributed by atoms with Gasteiger partial charge >= 0.3 is 6.09 Å². The summed E-state index contributed by atoms with van der Waals surface area (Å²) < 4.78 is 5.45. The Morgan fingerprint density at radius 3 is 2.10 bits per heavy atom. The van der Waals surface area contributed by atoms with Gasteiger partial charge in [0.25, 0.3) is 0 Å². The highest BCUT2D eigenvalue weighted by Crippen LogP contribution is 2.30. The second kappa shape index (κ2) is 6.33.